The first-order valence-corrected chi connectivity index (χ1v) is 7.09. The smallest absolute Gasteiger partial charge is 0.265 e. The Labute approximate surface area is 118 Å². The van der Waals surface area contributed by atoms with Gasteiger partial charge in [-0.1, -0.05) is 0 Å². The number of nitrogen functional groups attached to an aromatic ring is 1. The van der Waals surface area contributed by atoms with E-state index in [2.05, 4.69) is 20.9 Å². The summed E-state index contributed by atoms with van der Waals surface area (Å²) in [5.41, 5.74) is 8.20. The molecule has 0 atom stereocenters. The number of aromatic nitrogens is 2. The van der Waals surface area contributed by atoms with Crippen LogP contribution in [0.25, 0.3) is 0 Å². The number of aryl methyl sites for hydroxylation is 2. The Kier molecular flexibility index (Phi) is 3.59. The number of nitrogens with two attached hydrogens (primary N) is 1. The summed E-state index contributed by atoms with van der Waals surface area (Å²) < 4.78 is 2.11. The van der Waals surface area contributed by atoms with Gasteiger partial charge in [0.1, 0.15) is 5.01 Å². The number of thiazole rings is 1. The lowest BCUT2D eigenvalue weighted by Gasteiger charge is -2.08. The average Bonchev–Trinajstić information content (AvgIpc) is 2.63. The number of hydrogen-bond acceptors (Lipinski definition) is 4. The van der Waals surface area contributed by atoms with E-state index in [0.717, 1.165) is 16.3 Å². The van der Waals surface area contributed by atoms with E-state index in [1.807, 2.05) is 20.8 Å². The Bertz CT molecular complexity index is 641. The van der Waals surface area contributed by atoms with Crippen LogP contribution >= 0.6 is 27.3 Å². The standard InChI is InChI=1S/C12H14BrN3OS/c1-6-9(14)4-16(12(17)11(6)13)5-10-15-7(2)8(3)18-10/h4H,5,14H2,1-3H3. The van der Waals surface area contributed by atoms with Crippen molar-refractivity contribution in [1.82, 2.24) is 9.55 Å². The van der Waals surface area contributed by atoms with E-state index >= 15 is 0 Å². The maximum Gasteiger partial charge on any atom is 0.265 e. The van der Waals surface area contributed by atoms with Gasteiger partial charge in [-0.2, -0.15) is 0 Å². The van der Waals surface area contributed by atoms with Crippen LogP contribution in [-0.4, -0.2) is 9.55 Å². The van der Waals surface area contributed by atoms with Gasteiger partial charge in [0.2, 0.25) is 0 Å². The SMILES string of the molecule is Cc1nc(Cn2cc(N)c(C)c(Br)c2=O)sc1C. The molecule has 2 aromatic heterocycles. The van der Waals surface area contributed by atoms with Gasteiger partial charge >= 0.3 is 0 Å². The minimum atomic E-state index is -0.0767. The molecule has 0 aromatic carbocycles. The molecular weight excluding hydrogens is 314 g/mol. The molecule has 0 aliphatic rings. The lowest BCUT2D eigenvalue weighted by atomic mass is 10.2. The summed E-state index contributed by atoms with van der Waals surface area (Å²) in [6.07, 6.45) is 1.68. The van der Waals surface area contributed by atoms with Crippen LogP contribution in [0.1, 0.15) is 21.1 Å². The predicted molar refractivity (Wildman–Crippen MR) is 78.2 cm³/mol. The average molecular weight is 328 g/mol. The molecule has 0 fully saturated rings. The molecule has 0 aliphatic carbocycles. The second-order valence-corrected chi connectivity index (χ2v) is 6.29. The highest BCUT2D eigenvalue weighted by Gasteiger charge is 2.10. The number of nitrogens with zero attached hydrogens (tertiary/aromatic N) is 2. The number of pyridine rings is 1. The molecule has 0 unspecified atom stereocenters. The third-order valence-corrected chi connectivity index (χ3v) is 4.88. The predicted octanol–water partition coefficient (Wildman–Crippen LogP) is 2.62. The van der Waals surface area contributed by atoms with Gasteiger partial charge in [0.15, 0.2) is 0 Å². The van der Waals surface area contributed by atoms with Gasteiger partial charge in [0.05, 0.1) is 22.4 Å². The molecule has 18 heavy (non-hydrogen) atoms. The monoisotopic (exact) mass is 327 g/mol. The minimum absolute atomic E-state index is 0.0767. The van der Waals surface area contributed by atoms with E-state index in [4.69, 9.17) is 5.73 Å². The first kappa shape index (κ1) is 13.3. The van der Waals surface area contributed by atoms with Crippen molar-refractivity contribution < 1.29 is 0 Å². The molecule has 2 N–H and O–H groups in total. The highest BCUT2D eigenvalue weighted by Crippen LogP contribution is 2.20. The summed E-state index contributed by atoms with van der Waals surface area (Å²) in [7, 11) is 0. The fourth-order valence-corrected chi connectivity index (χ4v) is 3.00. The van der Waals surface area contributed by atoms with Crippen LogP contribution in [0, 0.1) is 20.8 Å². The van der Waals surface area contributed by atoms with Gasteiger partial charge in [-0.25, -0.2) is 4.98 Å². The lowest BCUT2D eigenvalue weighted by molar-refractivity contribution is 0.747. The zero-order chi connectivity index (χ0) is 13.4. The highest BCUT2D eigenvalue weighted by atomic mass is 79.9. The van der Waals surface area contributed by atoms with Crippen LogP contribution in [0.3, 0.4) is 0 Å². The molecular formula is C12H14BrN3OS. The quantitative estimate of drug-likeness (QED) is 0.922. The van der Waals surface area contributed by atoms with Crippen LogP contribution in [0.15, 0.2) is 15.5 Å². The fraction of sp³-hybridized carbons (Fsp3) is 0.333. The summed E-state index contributed by atoms with van der Waals surface area (Å²) in [4.78, 5) is 17.7. The summed E-state index contributed by atoms with van der Waals surface area (Å²) in [5.74, 6) is 0. The van der Waals surface area contributed by atoms with E-state index in [9.17, 15) is 4.79 Å². The topological polar surface area (TPSA) is 60.9 Å². The van der Waals surface area contributed by atoms with Crippen LogP contribution in [0.5, 0.6) is 0 Å². The van der Waals surface area contributed by atoms with Crippen molar-refractivity contribution >= 4 is 33.0 Å². The van der Waals surface area contributed by atoms with Gasteiger partial charge in [-0.05, 0) is 42.3 Å². The van der Waals surface area contributed by atoms with E-state index < -0.39 is 0 Å². The van der Waals surface area contributed by atoms with Crippen molar-refractivity contribution in [3.63, 3.8) is 0 Å². The summed E-state index contributed by atoms with van der Waals surface area (Å²) in [5, 5.41) is 0.919. The summed E-state index contributed by atoms with van der Waals surface area (Å²) >= 11 is 4.89. The second kappa shape index (κ2) is 4.85. The number of hydrogen-bond donors (Lipinski definition) is 1. The second-order valence-electron chi connectivity index (χ2n) is 4.21. The maximum atomic E-state index is 12.1. The number of halogens is 1. The van der Waals surface area contributed by atoms with Gasteiger partial charge in [-0.15, -0.1) is 11.3 Å². The zero-order valence-electron chi connectivity index (χ0n) is 10.5. The van der Waals surface area contributed by atoms with E-state index in [1.165, 1.54) is 4.88 Å². The molecule has 0 saturated heterocycles. The fourth-order valence-electron chi connectivity index (χ4n) is 1.61. The Morgan fingerprint density at radius 3 is 2.67 bits per heavy atom. The largest absolute Gasteiger partial charge is 0.397 e. The van der Waals surface area contributed by atoms with Crippen LogP contribution in [0.4, 0.5) is 5.69 Å². The molecule has 96 valence electrons. The van der Waals surface area contributed by atoms with Gasteiger partial charge in [0.25, 0.3) is 5.56 Å². The summed E-state index contributed by atoms with van der Waals surface area (Å²) in [6, 6.07) is 0. The molecule has 0 radical (unpaired) electrons. The Morgan fingerprint density at radius 2 is 2.11 bits per heavy atom. The van der Waals surface area contributed by atoms with Crippen LogP contribution < -0.4 is 11.3 Å². The maximum absolute atomic E-state index is 12.1. The van der Waals surface area contributed by atoms with Crippen molar-refractivity contribution in [2.75, 3.05) is 5.73 Å². The summed E-state index contributed by atoms with van der Waals surface area (Å²) in [6.45, 7) is 6.28. The Balaban J connectivity index is 2.44. The van der Waals surface area contributed by atoms with E-state index in [1.54, 1.807) is 22.1 Å². The normalized spacial score (nSPS) is 10.9. The molecule has 4 nitrogen and oxygen atoms in total. The Hall–Kier alpha value is -1.14. The number of rotatable bonds is 2. The molecule has 0 spiro atoms. The molecule has 6 heteroatoms. The Morgan fingerprint density at radius 1 is 1.44 bits per heavy atom. The van der Waals surface area contributed by atoms with Crippen LogP contribution in [0.2, 0.25) is 0 Å². The highest BCUT2D eigenvalue weighted by molar-refractivity contribution is 9.10. The molecule has 0 saturated carbocycles. The van der Waals surface area contributed by atoms with E-state index in [0.29, 0.717) is 16.7 Å². The molecule has 0 aliphatic heterocycles. The first-order chi connectivity index (χ1) is 8.40. The zero-order valence-corrected chi connectivity index (χ0v) is 12.9. The molecule has 2 rings (SSSR count). The van der Waals surface area contributed by atoms with Crippen molar-refractivity contribution in [1.29, 1.82) is 0 Å². The minimum Gasteiger partial charge on any atom is -0.397 e. The van der Waals surface area contributed by atoms with Crippen LogP contribution in [-0.2, 0) is 6.54 Å². The number of anilines is 1. The molecule has 2 aromatic rings. The molecule has 0 amide bonds. The van der Waals surface area contributed by atoms with E-state index in [-0.39, 0.29) is 5.56 Å². The van der Waals surface area contributed by atoms with Gasteiger partial charge in [-0.3, -0.25) is 4.79 Å². The first-order valence-electron chi connectivity index (χ1n) is 5.48. The third kappa shape index (κ3) is 2.35. The van der Waals surface area contributed by atoms with Crippen molar-refractivity contribution in [3.05, 3.63) is 42.2 Å². The van der Waals surface area contributed by atoms with Crippen molar-refractivity contribution in [3.8, 4) is 0 Å². The van der Waals surface area contributed by atoms with Gasteiger partial charge in [0, 0.05) is 11.1 Å². The van der Waals surface area contributed by atoms with Crippen molar-refractivity contribution in [2.24, 2.45) is 0 Å². The molecule has 2 heterocycles. The molecule has 0 bridgehead atoms. The lowest BCUT2D eigenvalue weighted by Crippen LogP contribution is -2.22. The third-order valence-electron chi connectivity index (χ3n) is 2.88. The van der Waals surface area contributed by atoms with Crippen molar-refractivity contribution in [2.45, 2.75) is 27.3 Å². The van der Waals surface area contributed by atoms with Gasteiger partial charge < -0.3 is 10.3 Å².